The molecular formula is C45H48ClN7O5S2. The van der Waals surface area contributed by atoms with E-state index in [1.165, 1.54) is 23.3 Å². The van der Waals surface area contributed by atoms with Gasteiger partial charge < -0.3 is 15.1 Å². The van der Waals surface area contributed by atoms with Crippen molar-refractivity contribution in [1.29, 1.82) is 0 Å². The van der Waals surface area contributed by atoms with Gasteiger partial charge in [0.2, 0.25) is 0 Å². The highest BCUT2D eigenvalue weighted by Gasteiger charge is 2.28. The molecular weight excluding hydrogens is 818 g/mol. The summed E-state index contributed by atoms with van der Waals surface area (Å²) in [7, 11) is -4.45. The fourth-order valence-electron chi connectivity index (χ4n) is 7.40. The molecule has 0 aromatic heterocycles. The van der Waals surface area contributed by atoms with Crippen LogP contribution in [-0.4, -0.2) is 92.0 Å². The number of hydrogen-bond donors (Lipinski definition) is 2. The zero-order valence-electron chi connectivity index (χ0n) is 33.5. The number of anilines is 2. The van der Waals surface area contributed by atoms with Crippen molar-refractivity contribution in [2.24, 2.45) is 4.99 Å². The monoisotopic (exact) mass is 865 g/mol. The van der Waals surface area contributed by atoms with Gasteiger partial charge in [0.1, 0.15) is 5.69 Å². The van der Waals surface area contributed by atoms with Crippen molar-refractivity contribution >= 4 is 62.7 Å². The Kier molecular flexibility index (Phi) is 13.4. The summed E-state index contributed by atoms with van der Waals surface area (Å²) in [5.74, 6) is -0.219. The first-order valence-corrected chi connectivity index (χ1v) is 22.7. The Morgan fingerprint density at radius 2 is 1.62 bits per heavy atom. The molecule has 1 saturated heterocycles. The minimum Gasteiger partial charge on any atom is -0.376 e. The zero-order valence-corrected chi connectivity index (χ0v) is 35.9. The third-order valence-electron chi connectivity index (χ3n) is 10.6. The fourth-order valence-corrected chi connectivity index (χ4v) is 9.51. The number of aliphatic imine (C=N–C) groups is 1. The number of carbonyl (C=O) groups is 1. The summed E-state index contributed by atoms with van der Waals surface area (Å²) < 4.78 is 29.0. The van der Waals surface area contributed by atoms with Gasteiger partial charge in [0.15, 0.2) is 0 Å². The third kappa shape index (κ3) is 11.0. The topological polar surface area (TPSA) is 140 Å². The molecule has 1 fully saturated rings. The number of nitrogens with zero attached hydrogens (tertiary/aromatic N) is 5. The van der Waals surface area contributed by atoms with Gasteiger partial charge in [-0.1, -0.05) is 66.2 Å². The summed E-state index contributed by atoms with van der Waals surface area (Å²) in [5.41, 5.74) is 4.24. The molecule has 15 heteroatoms. The Morgan fingerprint density at radius 3 is 2.30 bits per heavy atom. The molecule has 1 atom stereocenters. The van der Waals surface area contributed by atoms with E-state index in [4.69, 9.17) is 11.6 Å². The van der Waals surface area contributed by atoms with Gasteiger partial charge in [0, 0.05) is 84.8 Å². The summed E-state index contributed by atoms with van der Waals surface area (Å²) in [6, 6.07) is 36.4. The Labute approximate surface area is 360 Å². The van der Waals surface area contributed by atoms with Crippen LogP contribution in [-0.2, 0) is 16.6 Å². The van der Waals surface area contributed by atoms with Crippen LogP contribution in [0.25, 0.3) is 11.1 Å². The molecule has 2 N–H and O–H groups in total. The van der Waals surface area contributed by atoms with E-state index in [1.807, 2.05) is 79.1 Å². The van der Waals surface area contributed by atoms with Crippen LogP contribution in [0.4, 0.5) is 17.1 Å². The van der Waals surface area contributed by atoms with E-state index >= 15 is 0 Å². The third-order valence-corrected chi connectivity index (χ3v) is 13.4. The molecule has 2 heterocycles. The number of carbonyl (C=O) groups excluding carboxylic acids is 1. The molecule has 0 unspecified atom stereocenters. The number of piperazine rings is 1. The molecule has 2 aliphatic heterocycles. The largest absolute Gasteiger partial charge is 0.376 e. The number of hydrogen-bond acceptors (Lipinski definition) is 11. The summed E-state index contributed by atoms with van der Waals surface area (Å²) >= 11 is 7.75. The maximum Gasteiger partial charge on any atom is 0.293 e. The minimum atomic E-state index is -4.45. The van der Waals surface area contributed by atoms with E-state index in [9.17, 15) is 23.3 Å². The maximum absolute atomic E-state index is 13.5. The van der Waals surface area contributed by atoms with Crippen LogP contribution in [0.3, 0.4) is 0 Å². The van der Waals surface area contributed by atoms with Crippen molar-refractivity contribution in [3.63, 3.8) is 0 Å². The fraction of sp³-hybridized carbons (Fsp3) is 0.289. The summed E-state index contributed by atoms with van der Waals surface area (Å²) in [6.07, 6.45) is 2.51. The van der Waals surface area contributed by atoms with Crippen molar-refractivity contribution in [2.45, 2.75) is 48.2 Å². The SMILES string of the molecule is CC1(C)CN(CC[C@H](CSc2ccccc2)Nc2ccc(S(=O)(=O)NC(=O)c3ccc(N4CCN(Cc5ccccc5-c5ccc(Cl)cc5)CC4)cc3)cc2[N+](=O)[O-])C=N1. The van der Waals surface area contributed by atoms with Crippen LogP contribution < -0.4 is 14.9 Å². The van der Waals surface area contributed by atoms with Crippen molar-refractivity contribution in [3.8, 4) is 11.1 Å². The Hall–Kier alpha value is -5.41. The number of rotatable bonds is 16. The average molecular weight is 867 g/mol. The van der Waals surface area contributed by atoms with Crippen molar-refractivity contribution in [3.05, 3.63) is 148 Å². The first-order valence-electron chi connectivity index (χ1n) is 19.8. The number of halogens is 1. The van der Waals surface area contributed by atoms with Crippen molar-refractivity contribution in [2.75, 3.05) is 55.2 Å². The van der Waals surface area contributed by atoms with Crippen LogP contribution in [0.5, 0.6) is 0 Å². The standard InChI is InChI=1S/C45H48ClN7O5S2/c1-45(2)31-51(32-47-45)23-22-37(30-59-39-9-4-3-5-10-39)48-42-21-20-40(28-43(42)53(55)56)60(57,58)49-44(54)34-14-18-38(19-15-34)52-26-24-50(25-27-52)29-35-8-6-7-11-41(35)33-12-16-36(46)17-13-33/h3-21,28,32,37,48H,22-27,29-31H2,1-2H3,(H,49,54)/t37-/m1/s1. The van der Waals surface area contributed by atoms with Gasteiger partial charge in [-0.05, 0) is 97.6 Å². The molecule has 5 aromatic carbocycles. The molecule has 0 saturated carbocycles. The number of nitrogens with one attached hydrogen (secondary N) is 2. The summed E-state index contributed by atoms with van der Waals surface area (Å²) in [6.45, 7) is 9.65. The van der Waals surface area contributed by atoms with Crippen molar-refractivity contribution < 1.29 is 18.1 Å². The second-order valence-corrected chi connectivity index (χ2v) is 18.8. The molecule has 5 aromatic rings. The Balaban J connectivity index is 0.962. The second-order valence-electron chi connectivity index (χ2n) is 15.6. The number of nitro benzene ring substituents is 1. The average Bonchev–Trinajstić information content (AvgIpc) is 3.60. The van der Waals surface area contributed by atoms with Crippen LogP contribution in [0, 0.1) is 10.1 Å². The highest BCUT2D eigenvalue weighted by atomic mass is 35.5. The zero-order chi connectivity index (χ0) is 42.3. The van der Waals surface area contributed by atoms with Gasteiger partial charge >= 0.3 is 0 Å². The molecule has 0 radical (unpaired) electrons. The van der Waals surface area contributed by atoms with Gasteiger partial charge in [-0.15, -0.1) is 11.8 Å². The van der Waals surface area contributed by atoms with Crippen LogP contribution >= 0.6 is 23.4 Å². The molecule has 2 aliphatic rings. The summed E-state index contributed by atoms with van der Waals surface area (Å²) in [5, 5.41) is 16.3. The highest BCUT2D eigenvalue weighted by Crippen LogP contribution is 2.31. The van der Waals surface area contributed by atoms with E-state index < -0.39 is 26.5 Å². The number of nitro groups is 1. The lowest BCUT2D eigenvalue weighted by Gasteiger charge is -2.36. The predicted octanol–water partition coefficient (Wildman–Crippen LogP) is 8.44. The number of amides is 1. The van der Waals surface area contributed by atoms with Gasteiger partial charge in [-0.25, -0.2) is 13.1 Å². The molecule has 312 valence electrons. The molecule has 7 rings (SSSR count). The number of sulfonamides is 1. The molecule has 0 spiro atoms. The number of benzene rings is 5. The van der Waals surface area contributed by atoms with E-state index in [-0.39, 0.29) is 27.7 Å². The van der Waals surface area contributed by atoms with Crippen LogP contribution in [0.2, 0.25) is 5.02 Å². The van der Waals surface area contributed by atoms with E-state index in [0.29, 0.717) is 23.7 Å². The Morgan fingerprint density at radius 1 is 0.917 bits per heavy atom. The smallest absolute Gasteiger partial charge is 0.293 e. The quantitative estimate of drug-likeness (QED) is 0.0564. The lowest BCUT2D eigenvalue weighted by atomic mass is 9.99. The van der Waals surface area contributed by atoms with E-state index in [1.54, 1.807) is 23.9 Å². The van der Waals surface area contributed by atoms with E-state index in [2.05, 4.69) is 61.8 Å². The minimum absolute atomic E-state index is 0.151. The highest BCUT2D eigenvalue weighted by molar-refractivity contribution is 7.99. The van der Waals surface area contributed by atoms with E-state index in [0.717, 1.165) is 61.5 Å². The Bertz CT molecular complexity index is 2430. The first-order chi connectivity index (χ1) is 28.8. The van der Waals surface area contributed by atoms with Crippen LogP contribution in [0.1, 0.15) is 36.2 Å². The first kappa shape index (κ1) is 42.7. The van der Waals surface area contributed by atoms with Crippen molar-refractivity contribution in [1.82, 2.24) is 14.5 Å². The molecule has 12 nitrogen and oxygen atoms in total. The second kappa shape index (κ2) is 18.9. The predicted molar refractivity (Wildman–Crippen MR) is 242 cm³/mol. The maximum atomic E-state index is 13.5. The van der Waals surface area contributed by atoms with Gasteiger partial charge in [0.25, 0.3) is 21.6 Å². The van der Waals surface area contributed by atoms with Gasteiger partial charge in [-0.3, -0.25) is 24.8 Å². The van der Waals surface area contributed by atoms with Crippen LogP contribution in [0.15, 0.2) is 136 Å². The normalized spacial score (nSPS) is 15.8. The molecule has 0 aliphatic carbocycles. The molecule has 1 amide bonds. The molecule has 0 bridgehead atoms. The summed E-state index contributed by atoms with van der Waals surface area (Å²) in [4.78, 5) is 37.0. The lowest BCUT2D eigenvalue weighted by Crippen LogP contribution is -2.46. The number of thioether (sulfide) groups is 1. The van der Waals surface area contributed by atoms with Gasteiger partial charge in [-0.2, -0.15) is 0 Å². The lowest BCUT2D eigenvalue weighted by molar-refractivity contribution is -0.384. The molecule has 60 heavy (non-hydrogen) atoms. The van der Waals surface area contributed by atoms with Gasteiger partial charge in [0.05, 0.1) is 21.7 Å².